The van der Waals surface area contributed by atoms with Crippen LogP contribution in [-0.4, -0.2) is 0 Å². The van der Waals surface area contributed by atoms with Gasteiger partial charge in [-0.3, -0.25) is 0 Å². The highest BCUT2D eigenvalue weighted by atomic mass is 15.2. The Hall–Kier alpha value is -6.38. The molecular weight excluding hydrogens is 581 g/mol. The summed E-state index contributed by atoms with van der Waals surface area (Å²) in [6.07, 6.45) is 0. The molecule has 0 aromatic heterocycles. The maximum Gasteiger partial charge on any atom is 0.0546 e. The molecule has 0 spiro atoms. The average Bonchev–Trinajstić information content (AvgIpc) is 3.17. The second-order valence-electron chi connectivity index (χ2n) is 11.8. The van der Waals surface area contributed by atoms with Crippen molar-refractivity contribution in [2.75, 3.05) is 9.80 Å². The Kier molecular flexibility index (Phi) is 7.96. The largest absolute Gasteiger partial charge is 0.310 e. The van der Waals surface area contributed by atoms with E-state index in [9.17, 15) is 0 Å². The third-order valence-electron chi connectivity index (χ3n) is 8.84. The van der Waals surface area contributed by atoms with Crippen LogP contribution in [0.2, 0.25) is 0 Å². The van der Waals surface area contributed by atoms with E-state index in [1.54, 1.807) is 0 Å². The van der Waals surface area contributed by atoms with Crippen LogP contribution in [-0.2, 0) is 0 Å². The van der Waals surface area contributed by atoms with Crippen LogP contribution in [0.25, 0.3) is 33.0 Å². The average molecular weight is 615 g/mol. The molecule has 48 heavy (non-hydrogen) atoms. The molecule has 0 saturated carbocycles. The summed E-state index contributed by atoms with van der Waals surface area (Å²) in [6, 6.07) is 73.4. The normalized spacial score (nSPS) is 10.9. The predicted molar refractivity (Wildman–Crippen MR) is 204 cm³/mol. The van der Waals surface area contributed by atoms with Gasteiger partial charge in [-0.2, -0.15) is 0 Å². The summed E-state index contributed by atoms with van der Waals surface area (Å²) in [4.78, 5) is 4.72. The third kappa shape index (κ3) is 5.61. The van der Waals surface area contributed by atoms with Gasteiger partial charge in [-0.1, -0.05) is 146 Å². The van der Waals surface area contributed by atoms with E-state index in [-0.39, 0.29) is 0 Å². The smallest absolute Gasteiger partial charge is 0.0546 e. The van der Waals surface area contributed by atoms with Crippen LogP contribution in [0.3, 0.4) is 0 Å². The van der Waals surface area contributed by atoms with Crippen molar-refractivity contribution in [3.05, 3.63) is 206 Å². The van der Waals surface area contributed by atoms with Gasteiger partial charge in [0.25, 0.3) is 0 Å². The molecular formula is C46H34N2. The van der Waals surface area contributed by atoms with E-state index < -0.39 is 0 Å². The molecule has 0 heterocycles. The van der Waals surface area contributed by atoms with Crippen molar-refractivity contribution in [3.8, 4) is 22.3 Å². The first-order chi connectivity index (χ1) is 23.8. The minimum absolute atomic E-state index is 1.10. The van der Waals surface area contributed by atoms with Gasteiger partial charge in [0.1, 0.15) is 0 Å². The summed E-state index contributed by atoms with van der Waals surface area (Å²) in [5.41, 5.74) is 11.4. The van der Waals surface area contributed by atoms with Crippen LogP contribution in [0.1, 0.15) is 0 Å². The van der Waals surface area contributed by atoms with Crippen molar-refractivity contribution >= 4 is 44.9 Å². The fourth-order valence-electron chi connectivity index (χ4n) is 6.64. The molecule has 0 N–H and O–H groups in total. The number of para-hydroxylation sites is 4. The number of anilines is 6. The fourth-order valence-corrected chi connectivity index (χ4v) is 6.64. The molecule has 0 unspecified atom stereocenters. The zero-order valence-corrected chi connectivity index (χ0v) is 26.5. The summed E-state index contributed by atoms with van der Waals surface area (Å²) in [6.45, 7) is 0. The highest BCUT2D eigenvalue weighted by Gasteiger charge is 2.21. The molecule has 8 aromatic rings. The van der Waals surface area contributed by atoms with E-state index in [1.165, 1.54) is 27.5 Å². The maximum atomic E-state index is 2.36. The van der Waals surface area contributed by atoms with Crippen LogP contribution in [0, 0.1) is 0 Å². The van der Waals surface area contributed by atoms with Crippen molar-refractivity contribution in [3.63, 3.8) is 0 Å². The molecule has 0 aliphatic rings. The Balaban J connectivity index is 1.31. The van der Waals surface area contributed by atoms with Crippen molar-refractivity contribution < 1.29 is 0 Å². The van der Waals surface area contributed by atoms with Gasteiger partial charge >= 0.3 is 0 Å². The van der Waals surface area contributed by atoms with E-state index in [2.05, 4.69) is 216 Å². The fraction of sp³-hybridized carbons (Fsp3) is 0. The lowest BCUT2D eigenvalue weighted by Gasteiger charge is -2.29. The predicted octanol–water partition coefficient (Wildman–Crippen LogP) is 13.1. The van der Waals surface area contributed by atoms with Crippen LogP contribution >= 0.6 is 0 Å². The molecule has 228 valence electrons. The first-order valence-corrected chi connectivity index (χ1v) is 16.4. The first-order valence-electron chi connectivity index (χ1n) is 16.4. The van der Waals surface area contributed by atoms with E-state index in [0.717, 1.165) is 39.7 Å². The molecule has 0 aliphatic carbocycles. The summed E-state index contributed by atoms with van der Waals surface area (Å²) in [5.74, 6) is 0. The Labute approximate surface area is 282 Å². The Morgan fingerprint density at radius 3 is 1.33 bits per heavy atom. The maximum absolute atomic E-state index is 2.36. The van der Waals surface area contributed by atoms with E-state index >= 15 is 0 Å². The Morgan fingerprint density at radius 1 is 0.271 bits per heavy atom. The molecule has 0 radical (unpaired) electrons. The van der Waals surface area contributed by atoms with Crippen molar-refractivity contribution in [1.82, 2.24) is 0 Å². The SMILES string of the molecule is c1ccc(-c2ccccc2N(c2ccccc2)c2ccc(-c3c(N(c4ccccc4)c4ccccc4)ccc4ccccc34)cc2)cc1. The van der Waals surface area contributed by atoms with Crippen LogP contribution in [0.4, 0.5) is 34.1 Å². The highest BCUT2D eigenvalue weighted by molar-refractivity contribution is 6.05. The summed E-state index contributed by atoms with van der Waals surface area (Å²) in [5, 5.41) is 2.43. The van der Waals surface area contributed by atoms with Crippen molar-refractivity contribution in [2.45, 2.75) is 0 Å². The van der Waals surface area contributed by atoms with E-state index in [1.807, 2.05) is 0 Å². The van der Waals surface area contributed by atoms with Crippen LogP contribution in [0.15, 0.2) is 206 Å². The van der Waals surface area contributed by atoms with Gasteiger partial charge < -0.3 is 9.80 Å². The number of hydrogen-bond acceptors (Lipinski definition) is 2. The van der Waals surface area contributed by atoms with Gasteiger partial charge in [0, 0.05) is 33.9 Å². The first kappa shape index (κ1) is 29.1. The molecule has 0 amide bonds. The van der Waals surface area contributed by atoms with Gasteiger partial charge in [0.05, 0.1) is 11.4 Å². The summed E-state index contributed by atoms with van der Waals surface area (Å²) >= 11 is 0. The van der Waals surface area contributed by atoms with Gasteiger partial charge in [-0.05, 0) is 82.6 Å². The molecule has 0 aliphatic heterocycles. The number of nitrogens with zero attached hydrogens (tertiary/aromatic N) is 2. The minimum Gasteiger partial charge on any atom is -0.310 e. The van der Waals surface area contributed by atoms with E-state index in [0.29, 0.717) is 0 Å². The Morgan fingerprint density at radius 2 is 0.729 bits per heavy atom. The van der Waals surface area contributed by atoms with Crippen LogP contribution in [0.5, 0.6) is 0 Å². The molecule has 0 atom stereocenters. The van der Waals surface area contributed by atoms with Gasteiger partial charge in [0.15, 0.2) is 0 Å². The van der Waals surface area contributed by atoms with Gasteiger partial charge in [-0.25, -0.2) is 0 Å². The quantitative estimate of drug-likeness (QED) is 0.168. The lowest BCUT2D eigenvalue weighted by atomic mass is 9.94. The minimum atomic E-state index is 1.10. The lowest BCUT2D eigenvalue weighted by molar-refractivity contribution is 1.28. The molecule has 8 aromatic carbocycles. The second kappa shape index (κ2) is 13.2. The van der Waals surface area contributed by atoms with Gasteiger partial charge in [0.2, 0.25) is 0 Å². The number of benzene rings is 8. The summed E-state index contributed by atoms with van der Waals surface area (Å²) in [7, 11) is 0. The van der Waals surface area contributed by atoms with Crippen molar-refractivity contribution in [2.24, 2.45) is 0 Å². The van der Waals surface area contributed by atoms with Crippen LogP contribution < -0.4 is 9.80 Å². The summed E-state index contributed by atoms with van der Waals surface area (Å²) < 4.78 is 0. The van der Waals surface area contributed by atoms with E-state index in [4.69, 9.17) is 0 Å². The molecule has 0 fully saturated rings. The second-order valence-corrected chi connectivity index (χ2v) is 11.8. The zero-order valence-electron chi connectivity index (χ0n) is 26.5. The van der Waals surface area contributed by atoms with Crippen molar-refractivity contribution in [1.29, 1.82) is 0 Å². The number of rotatable bonds is 8. The van der Waals surface area contributed by atoms with Gasteiger partial charge in [-0.15, -0.1) is 0 Å². The molecule has 0 saturated heterocycles. The number of fused-ring (bicyclic) bond motifs is 1. The standard InChI is InChI=1S/C46H34N2/c1-5-17-35(18-6-1)42-26-15-16-28-44(42)47(38-20-7-2-8-21-38)41-32-29-37(30-33-41)46-43-27-14-13-19-36(43)31-34-45(46)48(39-22-9-3-10-23-39)40-24-11-4-12-25-40/h1-34H. The monoisotopic (exact) mass is 614 g/mol. The molecule has 2 nitrogen and oxygen atoms in total. The Bertz CT molecular complexity index is 2220. The highest BCUT2D eigenvalue weighted by Crippen LogP contribution is 2.46. The molecule has 0 bridgehead atoms. The topological polar surface area (TPSA) is 6.48 Å². The molecule has 2 heteroatoms. The lowest BCUT2D eigenvalue weighted by Crippen LogP contribution is -2.12. The third-order valence-corrected chi connectivity index (χ3v) is 8.84. The number of hydrogen-bond donors (Lipinski definition) is 0. The zero-order chi connectivity index (χ0) is 32.1. The molecule has 8 rings (SSSR count).